The van der Waals surface area contributed by atoms with Crippen LogP contribution < -0.4 is 10.1 Å². The minimum atomic E-state index is -0.725. The number of hydrogen-bond acceptors (Lipinski definition) is 6. The van der Waals surface area contributed by atoms with Crippen molar-refractivity contribution in [2.24, 2.45) is 0 Å². The summed E-state index contributed by atoms with van der Waals surface area (Å²) in [5.41, 5.74) is 1.01. The molecule has 0 aliphatic heterocycles. The number of pyridine rings is 1. The first kappa shape index (κ1) is 15.7. The van der Waals surface area contributed by atoms with Gasteiger partial charge in [0, 0.05) is 12.6 Å². The molecular weight excluding hydrogens is 286 g/mol. The molecule has 0 fully saturated rings. The van der Waals surface area contributed by atoms with Gasteiger partial charge in [0.05, 0.1) is 4.92 Å². The van der Waals surface area contributed by atoms with Crippen molar-refractivity contribution in [3.63, 3.8) is 0 Å². The molecule has 7 heteroatoms. The molecule has 0 spiro atoms. The predicted molar refractivity (Wildman–Crippen MR) is 82.1 cm³/mol. The van der Waals surface area contributed by atoms with Gasteiger partial charge in [-0.1, -0.05) is 12.1 Å². The molecule has 1 aromatic heterocycles. The van der Waals surface area contributed by atoms with Crippen LogP contribution in [-0.4, -0.2) is 34.3 Å². The largest absolute Gasteiger partial charge is 0.491 e. The number of aryl methyl sites for hydroxylation is 1. The fraction of sp³-hybridized carbons (Fsp3) is 0.267. The van der Waals surface area contributed by atoms with Gasteiger partial charge in [-0.05, 0) is 30.7 Å². The van der Waals surface area contributed by atoms with E-state index in [1.165, 1.54) is 12.1 Å². The van der Waals surface area contributed by atoms with Crippen LogP contribution in [0, 0.1) is 17.0 Å². The summed E-state index contributed by atoms with van der Waals surface area (Å²) in [5, 5.41) is 23.3. The summed E-state index contributed by atoms with van der Waals surface area (Å²) < 4.78 is 5.49. The number of nitro groups is 1. The van der Waals surface area contributed by atoms with Gasteiger partial charge in [0.2, 0.25) is 0 Å². The van der Waals surface area contributed by atoms with Crippen LogP contribution in [0.25, 0.3) is 0 Å². The van der Waals surface area contributed by atoms with E-state index in [-0.39, 0.29) is 18.8 Å². The second-order valence-electron chi connectivity index (χ2n) is 4.82. The van der Waals surface area contributed by atoms with Gasteiger partial charge in [-0.3, -0.25) is 10.1 Å². The zero-order chi connectivity index (χ0) is 15.9. The van der Waals surface area contributed by atoms with E-state index in [4.69, 9.17) is 4.74 Å². The molecule has 0 saturated heterocycles. The van der Waals surface area contributed by atoms with Gasteiger partial charge in [-0.15, -0.1) is 0 Å². The lowest BCUT2D eigenvalue weighted by Gasteiger charge is -2.13. The molecule has 0 amide bonds. The lowest BCUT2D eigenvalue weighted by atomic mass is 10.2. The molecule has 1 aromatic carbocycles. The molecule has 0 unspecified atom stereocenters. The van der Waals surface area contributed by atoms with Crippen molar-refractivity contribution < 1.29 is 14.8 Å². The number of aliphatic hydroxyl groups is 1. The highest BCUT2D eigenvalue weighted by Gasteiger charge is 2.08. The number of ether oxygens (including phenoxy) is 1. The van der Waals surface area contributed by atoms with Crippen LogP contribution in [0.5, 0.6) is 5.75 Å². The molecule has 2 rings (SSSR count). The first-order valence-corrected chi connectivity index (χ1v) is 6.76. The van der Waals surface area contributed by atoms with E-state index in [2.05, 4.69) is 10.3 Å². The van der Waals surface area contributed by atoms with Crippen LogP contribution in [0.1, 0.15) is 5.56 Å². The number of benzene rings is 1. The van der Waals surface area contributed by atoms with E-state index in [1.54, 1.807) is 0 Å². The Labute approximate surface area is 127 Å². The first-order valence-electron chi connectivity index (χ1n) is 6.76. The number of aliphatic hydroxyl groups excluding tert-OH is 1. The van der Waals surface area contributed by atoms with Crippen LogP contribution >= 0.6 is 0 Å². The Kier molecular flexibility index (Phi) is 5.26. The summed E-state index contributed by atoms with van der Waals surface area (Å²) in [6.45, 7) is 2.34. The highest BCUT2D eigenvalue weighted by Crippen LogP contribution is 2.13. The van der Waals surface area contributed by atoms with E-state index in [9.17, 15) is 15.2 Å². The average molecular weight is 303 g/mol. The maximum atomic E-state index is 10.5. The number of nitrogens with one attached hydrogen (secondary N) is 1. The number of hydrogen-bond donors (Lipinski definition) is 2. The topological polar surface area (TPSA) is 97.5 Å². The Balaban J connectivity index is 1.77. The zero-order valence-electron chi connectivity index (χ0n) is 12.1. The SMILES string of the molecule is Cc1cccc(OC[C@H](O)CNc2ccc([N+](=O)[O-])cn2)c1. The molecule has 2 aromatic rings. The number of rotatable bonds is 7. The fourth-order valence-electron chi connectivity index (χ4n) is 1.78. The lowest BCUT2D eigenvalue weighted by Crippen LogP contribution is -2.26. The van der Waals surface area contributed by atoms with Crippen molar-refractivity contribution in [3.05, 3.63) is 58.3 Å². The molecule has 0 aliphatic carbocycles. The Hall–Kier alpha value is -2.67. The van der Waals surface area contributed by atoms with Crippen LogP contribution in [0.3, 0.4) is 0 Å². The van der Waals surface area contributed by atoms with E-state index in [0.717, 1.165) is 11.8 Å². The summed E-state index contributed by atoms with van der Waals surface area (Å²) in [6.07, 6.45) is 0.440. The van der Waals surface area contributed by atoms with Gasteiger partial charge in [-0.2, -0.15) is 0 Å². The summed E-state index contributed by atoms with van der Waals surface area (Å²) in [7, 11) is 0. The highest BCUT2D eigenvalue weighted by molar-refractivity contribution is 5.40. The fourth-order valence-corrected chi connectivity index (χ4v) is 1.78. The summed E-state index contributed by atoms with van der Waals surface area (Å²) >= 11 is 0. The molecular formula is C15H17N3O4. The second kappa shape index (κ2) is 7.37. The third-order valence-corrected chi connectivity index (χ3v) is 2.91. The van der Waals surface area contributed by atoms with Crippen molar-refractivity contribution >= 4 is 11.5 Å². The molecule has 0 saturated carbocycles. The molecule has 1 heterocycles. The first-order chi connectivity index (χ1) is 10.5. The number of nitrogens with zero attached hydrogens (tertiary/aromatic N) is 2. The Morgan fingerprint density at radius 1 is 1.41 bits per heavy atom. The molecule has 0 aliphatic rings. The Morgan fingerprint density at radius 2 is 2.23 bits per heavy atom. The zero-order valence-corrected chi connectivity index (χ0v) is 12.1. The van der Waals surface area contributed by atoms with Gasteiger partial charge < -0.3 is 15.2 Å². The molecule has 0 radical (unpaired) electrons. The second-order valence-corrected chi connectivity index (χ2v) is 4.82. The van der Waals surface area contributed by atoms with Crippen LogP contribution in [0.4, 0.5) is 11.5 Å². The normalized spacial score (nSPS) is 11.7. The maximum absolute atomic E-state index is 10.5. The van der Waals surface area contributed by atoms with Crippen molar-refractivity contribution in [2.45, 2.75) is 13.0 Å². The maximum Gasteiger partial charge on any atom is 0.287 e. The highest BCUT2D eigenvalue weighted by atomic mass is 16.6. The third-order valence-electron chi connectivity index (χ3n) is 2.91. The van der Waals surface area contributed by atoms with E-state index < -0.39 is 11.0 Å². The van der Waals surface area contributed by atoms with E-state index >= 15 is 0 Å². The molecule has 1 atom stereocenters. The number of aromatic nitrogens is 1. The van der Waals surface area contributed by atoms with Crippen molar-refractivity contribution in [1.29, 1.82) is 0 Å². The molecule has 22 heavy (non-hydrogen) atoms. The molecule has 0 bridgehead atoms. The molecule has 7 nitrogen and oxygen atoms in total. The van der Waals surface area contributed by atoms with Crippen molar-refractivity contribution in [3.8, 4) is 5.75 Å². The van der Waals surface area contributed by atoms with Gasteiger partial charge in [0.25, 0.3) is 5.69 Å². The minimum absolute atomic E-state index is 0.0751. The Morgan fingerprint density at radius 3 is 2.86 bits per heavy atom. The smallest absolute Gasteiger partial charge is 0.287 e. The van der Waals surface area contributed by atoms with E-state index in [0.29, 0.717) is 11.6 Å². The van der Waals surface area contributed by atoms with Gasteiger partial charge in [-0.25, -0.2) is 4.98 Å². The summed E-state index contributed by atoms with van der Waals surface area (Å²) in [6, 6.07) is 10.4. The van der Waals surface area contributed by atoms with Crippen molar-refractivity contribution in [1.82, 2.24) is 4.98 Å². The molecule has 2 N–H and O–H groups in total. The lowest BCUT2D eigenvalue weighted by molar-refractivity contribution is -0.385. The minimum Gasteiger partial charge on any atom is -0.491 e. The van der Waals surface area contributed by atoms with Crippen LogP contribution in [0.15, 0.2) is 42.6 Å². The average Bonchev–Trinajstić information content (AvgIpc) is 2.51. The standard InChI is InChI=1S/C15H17N3O4/c1-11-3-2-4-14(7-11)22-10-13(19)9-17-15-6-5-12(8-16-15)18(20)21/h2-8,13,19H,9-10H2,1H3,(H,16,17)/t13-/m1/s1. The molecule has 116 valence electrons. The van der Waals surface area contributed by atoms with Gasteiger partial charge in [0.15, 0.2) is 0 Å². The van der Waals surface area contributed by atoms with Gasteiger partial charge in [0.1, 0.15) is 30.5 Å². The quantitative estimate of drug-likeness (QED) is 0.601. The summed E-state index contributed by atoms with van der Waals surface area (Å²) in [5.74, 6) is 1.16. The third kappa shape index (κ3) is 4.71. The monoisotopic (exact) mass is 303 g/mol. The number of anilines is 1. The summed E-state index contributed by atoms with van der Waals surface area (Å²) in [4.78, 5) is 13.9. The van der Waals surface area contributed by atoms with E-state index in [1.807, 2.05) is 31.2 Å². The predicted octanol–water partition coefficient (Wildman–Crippen LogP) is 2.15. The Bertz CT molecular complexity index is 631. The van der Waals surface area contributed by atoms with Gasteiger partial charge >= 0.3 is 0 Å². The van der Waals surface area contributed by atoms with Crippen LogP contribution in [0.2, 0.25) is 0 Å². The van der Waals surface area contributed by atoms with Crippen LogP contribution in [-0.2, 0) is 0 Å². The van der Waals surface area contributed by atoms with Crippen molar-refractivity contribution in [2.75, 3.05) is 18.5 Å².